The number of thioether (sulfide) groups is 1. The fraction of sp³-hybridized carbons (Fsp3) is 0.0476. The lowest BCUT2D eigenvalue weighted by atomic mass is 10.2. The molecule has 1 aliphatic heterocycles. The molecule has 0 aliphatic carbocycles. The van der Waals surface area contributed by atoms with Gasteiger partial charge in [0, 0.05) is 22.2 Å². The summed E-state index contributed by atoms with van der Waals surface area (Å²) in [5.41, 5.74) is 1.02. The lowest BCUT2D eigenvalue weighted by Gasteiger charge is -2.14. The van der Waals surface area contributed by atoms with Crippen LogP contribution in [0.15, 0.2) is 70.0 Å². The van der Waals surface area contributed by atoms with Crippen LogP contribution in [0.1, 0.15) is 11.3 Å². The summed E-state index contributed by atoms with van der Waals surface area (Å²) < 4.78 is 19.7. The Morgan fingerprint density at radius 2 is 1.82 bits per heavy atom. The monoisotopic (exact) mass is 413 g/mol. The van der Waals surface area contributed by atoms with Crippen LogP contribution < -0.4 is 0 Å². The number of halogens is 2. The number of carbonyl (C=O) groups excluding carboxylic acids is 2. The van der Waals surface area contributed by atoms with Crippen LogP contribution in [0.5, 0.6) is 0 Å². The number of hydrogen-bond donors (Lipinski definition) is 0. The summed E-state index contributed by atoms with van der Waals surface area (Å²) >= 11 is 6.79. The SMILES string of the molecule is O=C1S/C(=C\c2ccc(-c3ccccc3)o2)C(=O)N1Cc1c(F)cccc1Cl. The third kappa shape index (κ3) is 3.61. The van der Waals surface area contributed by atoms with E-state index in [4.69, 9.17) is 16.0 Å². The predicted molar refractivity (Wildman–Crippen MR) is 107 cm³/mol. The maximum absolute atomic E-state index is 14.0. The zero-order valence-electron chi connectivity index (χ0n) is 14.4. The van der Waals surface area contributed by atoms with E-state index in [1.807, 2.05) is 30.3 Å². The predicted octanol–water partition coefficient (Wildman–Crippen LogP) is 5.98. The van der Waals surface area contributed by atoms with Crippen LogP contribution in [0.25, 0.3) is 17.4 Å². The van der Waals surface area contributed by atoms with Gasteiger partial charge < -0.3 is 4.42 Å². The maximum atomic E-state index is 14.0. The first-order valence-corrected chi connectivity index (χ1v) is 9.56. The Kier molecular flexibility index (Phi) is 5.07. The molecule has 4 nitrogen and oxygen atoms in total. The van der Waals surface area contributed by atoms with E-state index in [0.717, 1.165) is 22.2 Å². The molecule has 1 saturated heterocycles. The summed E-state index contributed by atoms with van der Waals surface area (Å²) in [5, 5.41) is -0.313. The van der Waals surface area contributed by atoms with E-state index in [1.54, 1.807) is 12.1 Å². The Bertz CT molecular complexity index is 1070. The molecule has 0 N–H and O–H groups in total. The lowest BCUT2D eigenvalue weighted by Crippen LogP contribution is -2.28. The van der Waals surface area contributed by atoms with Gasteiger partial charge in [-0.3, -0.25) is 14.5 Å². The number of hydrogen-bond acceptors (Lipinski definition) is 4. The van der Waals surface area contributed by atoms with Crippen LogP contribution >= 0.6 is 23.4 Å². The molecule has 0 spiro atoms. The summed E-state index contributed by atoms with van der Waals surface area (Å²) in [6, 6.07) is 17.3. The van der Waals surface area contributed by atoms with Gasteiger partial charge in [0.15, 0.2) is 0 Å². The third-order valence-electron chi connectivity index (χ3n) is 4.21. The van der Waals surface area contributed by atoms with Crippen molar-refractivity contribution in [3.05, 3.63) is 87.7 Å². The second-order valence-corrected chi connectivity index (χ2v) is 7.44. The average molecular weight is 414 g/mol. The number of imide groups is 1. The highest BCUT2D eigenvalue weighted by molar-refractivity contribution is 8.18. The first-order chi connectivity index (χ1) is 13.5. The standard InChI is InChI=1S/C21H13ClFNO3S/c22-16-7-4-8-17(23)15(16)12-24-20(25)19(28-21(24)26)11-14-9-10-18(27-14)13-5-2-1-3-6-13/h1-11H,12H2/b19-11-. The molecule has 0 saturated carbocycles. The molecule has 2 heterocycles. The van der Waals surface area contributed by atoms with Crippen molar-refractivity contribution in [1.29, 1.82) is 0 Å². The average Bonchev–Trinajstić information content (AvgIpc) is 3.25. The van der Waals surface area contributed by atoms with Gasteiger partial charge in [0.25, 0.3) is 11.1 Å². The summed E-state index contributed by atoms with van der Waals surface area (Å²) in [7, 11) is 0. The van der Waals surface area contributed by atoms with Gasteiger partial charge in [-0.05, 0) is 36.0 Å². The molecule has 28 heavy (non-hydrogen) atoms. The number of rotatable bonds is 4. The van der Waals surface area contributed by atoms with E-state index in [0.29, 0.717) is 11.5 Å². The van der Waals surface area contributed by atoms with Gasteiger partial charge in [-0.25, -0.2) is 4.39 Å². The summed E-state index contributed by atoms with van der Waals surface area (Å²) in [5.74, 6) is 0.0403. The first kappa shape index (κ1) is 18.5. The normalized spacial score (nSPS) is 15.6. The molecule has 140 valence electrons. The molecule has 1 aliphatic rings. The molecule has 0 atom stereocenters. The summed E-state index contributed by atoms with van der Waals surface area (Å²) in [6.45, 7) is -0.221. The Morgan fingerprint density at radius 3 is 2.57 bits per heavy atom. The van der Waals surface area contributed by atoms with Crippen molar-refractivity contribution in [2.45, 2.75) is 6.54 Å². The van der Waals surface area contributed by atoms with E-state index in [1.165, 1.54) is 24.3 Å². The van der Waals surface area contributed by atoms with Gasteiger partial charge in [-0.2, -0.15) is 0 Å². The number of nitrogens with zero attached hydrogens (tertiary/aromatic N) is 1. The molecule has 1 fully saturated rings. The molecular formula is C21H13ClFNO3S. The molecule has 2 aromatic carbocycles. The zero-order chi connectivity index (χ0) is 19.7. The van der Waals surface area contributed by atoms with Crippen molar-refractivity contribution in [3.8, 4) is 11.3 Å². The fourth-order valence-corrected chi connectivity index (χ4v) is 3.84. The molecular weight excluding hydrogens is 401 g/mol. The molecule has 7 heteroatoms. The van der Waals surface area contributed by atoms with Gasteiger partial charge >= 0.3 is 0 Å². The van der Waals surface area contributed by atoms with Crippen molar-refractivity contribution in [2.75, 3.05) is 0 Å². The van der Waals surface area contributed by atoms with Crippen molar-refractivity contribution in [1.82, 2.24) is 4.90 Å². The molecule has 4 rings (SSSR count). The highest BCUT2D eigenvalue weighted by Gasteiger charge is 2.36. The van der Waals surface area contributed by atoms with Crippen molar-refractivity contribution in [2.24, 2.45) is 0 Å². The molecule has 2 amide bonds. The van der Waals surface area contributed by atoms with E-state index in [2.05, 4.69) is 0 Å². The van der Waals surface area contributed by atoms with Crippen LogP contribution in [0.2, 0.25) is 5.02 Å². The second kappa shape index (κ2) is 7.66. The smallest absolute Gasteiger partial charge is 0.293 e. The molecule has 0 bridgehead atoms. The highest BCUT2D eigenvalue weighted by atomic mass is 35.5. The van der Waals surface area contributed by atoms with E-state index >= 15 is 0 Å². The van der Waals surface area contributed by atoms with E-state index in [-0.39, 0.29) is 22.0 Å². The Hall–Kier alpha value is -2.83. The van der Waals surface area contributed by atoms with E-state index in [9.17, 15) is 14.0 Å². The molecule has 1 aromatic heterocycles. The van der Waals surface area contributed by atoms with Crippen molar-refractivity contribution >= 4 is 40.6 Å². The first-order valence-electron chi connectivity index (χ1n) is 8.36. The Labute approximate surface area is 169 Å². The number of benzene rings is 2. The van der Waals surface area contributed by atoms with Gasteiger partial charge in [-0.15, -0.1) is 0 Å². The van der Waals surface area contributed by atoms with Gasteiger partial charge in [0.1, 0.15) is 17.3 Å². The Morgan fingerprint density at radius 1 is 1.04 bits per heavy atom. The van der Waals surface area contributed by atoms with Crippen LogP contribution in [0.4, 0.5) is 9.18 Å². The van der Waals surface area contributed by atoms with Gasteiger partial charge in [-0.1, -0.05) is 48.0 Å². The minimum atomic E-state index is -0.561. The zero-order valence-corrected chi connectivity index (χ0v) is 16.0. The number of carbonyl (C=O) groups is 2. The van der Waals surface area contributed by atoms with Crippen LogP contribution in [0, 0.1) is 5.82 Å². The fourth-order valence-electron chi connectivity index (χ4n) is 2.79. The summed E-state index contributed by atoms with van der Waals surface area (Å²) in [4.78, 5) is 26.1. The summed E-state index contributed by atoms with van der Waals surface area (Å²) in [6.07, 6.45) is 1.51. The second-order valence-electron chi connectivity index (χ2n) is 6.04. The van der Waals surface area contributed by atoms with Gasteiger partial charge in [0.05, 0.1) is 11.4 Å². The lowest BCUT2D eigenvalue weighted by molar-refractivity contribution is -0.123. The largest absolute Gasteiger partial charge is 0.457 e. The van der Waals surface area contributed by atoms with Crippen molar-refractivity contribution in [3.63, 3.8) is 0 Å². The van der Waals surface area contributed by atoms with E-state index < -0.39 is 17.0 Å². The molecule has 0 unspecified atom stereocenters. The molecule has 3 aromatic rings. The Balaban J connectivity index is 1.57. The van der Waals surface area contributed by atoms with Crippen LogP contribution in [-0.4, -0.2) is 16.0 Å². The van der Waals surface area contributed by atoms with Crippen LogP contribution in [0.3, 0.4) is 0 Å². The third-order valence-corrected chi connectivity index (χ3v) is 5.47. The number of furan rings is 1. The maximum Gasteiger partial charge on any atom is 0.293 e. The minimum Gasteiger partial charge on any atom is -0.457 e. The minimum absolute atomic E-state index is 0.108. The quantitative estimate of drug-likeness (QED) is 0.494. The van der Waals surface area contributed by atoms with Gasteiger partial charge in [0.2, 0.25) is 0 Å². The van der Waals surface area contributed by atoms with Crippen molar-refractivity contribution < 1.29 is 18.4 Å². The highest BCUT2D eigenvalue weighted by Crippen LogP contribution is 2.35. The number of amides is 2. The topological polar surface area (TPSA) is 50.5 Å². The molecule has 0 radical (unpaired) electrons. The van der Waals surface area contributed by atoms with Crippen LogP contribution in [-0.2, 0) is 11.3 Å².